The van der Waals surface area contributed by atoms with E-state index in [0.717, 1.165) is 17.0 Å². The molecule has 1 amide bonds. The highest BCUT2D eigenvalue weighted by Crippen LogP contribution is 2.19. The van der Waals surface area contributed by atoms with Crippen LogP contribution in [0.25, 0.3) is 0 Å². The molecule has 1 heterocycles. The SMILES string of the molecule is Cc1cc(CC(=O)Nc2ccc(F)c(Cl)c2)c(C)[nH]1. The van der Waals surface area contributed by atoms with Gasteiger partial charge >= 0.3 is 0 Å². The fraction of sp³-hybridized carbons (Fsp3) is 0.214. The van der Waals surface area contributed by atoms with Crippen LogP contribution in [-0.4, -0.2) is 10.9 Å². The van der Waals surface area contributed by atoms with Crippen molar-refractivity contribution in [1.29, 1.82) is 0 Å². The lowest BCUT2D eigenvalue weighted by molar-refractivity contribution is -0.115. The van der Waals surface area contributed by atoms with Gasteiger partial charge in [0, 0.05) is 17.1 Å². The Morgan fingerprint density at radius 2 is 2.11 bits per heavy atom. The minimum atomic E-state index is -0.503. The van der Waals surface area contributed by atoms with Gasteiger partial charge in [-0.15, -0.1) is 0 Å². The van der Waals surface area contributed by atoms with Crippen molar-refractivity contribution in [2.75, 3.05) is 5.32 Å². The number of hydrogen-bond acceptors (Lipinski definition) is 1. The quantitative estimate of drug-likeness (QED) is 0.886. The third-order valence-corrected chi connectivity index (χ3v) is 3.10. The molecule has 0 aliphatic heterocycles. The van der Waals surface area contributed by atoms with Gasteiger partial charge in [0.1, 0.15) is 5.82 Å². The Morgan fingerprint density at radius 3 is 2.68 bits per heavy atom. The van der Waals surface area contributed by atoms with E-state index >= 15 is 0 Å². The normalized spacial score (nSPS) is 10.5. The second kappa shape index (κ2) is 5.45. The number of halogens is 2. The molecule has 0 atom stereocenters. The molecule has 1 aromatic heterocycles. The van der Waals surface area contributed by atoms with Gasteiger partial charge in [-0.2, -0.15) is 0 Å². The number of benzene rings is 1. The van der Waals surface area contributed by atoms with Crippen molar-refractivity contribution in [3.63, 3.8) is 0 Å². The molecule has 0 aliphatic carbocycles. The molecule has 0 radical (unpaired) electrons. The van der Waals surface area contributed by atoms with Crippen molar-refractivity contribution >= 4 is 23.2 Å². The monoisotopic (exact) mass is 280 g/mol. The summed E-state index contributed by atoms with van der Waals surface area (Å²) in [5.74, 6) is -0.665. The first-order valence-corrected chi connectivity index (χ1v) is 6.23. The van der Waals surface area contributed by atoms with Crippen LogP contribution in [0.5, 0.6) is 0 Å². The van der Waals surface area contributed by atoms with Crippen molar-refractivity contribution < 1.29 is 9.18 Å². The summed E-state index contributed by atoms with van der Waals surface area (Å²) in [5, 5.41) is 2.68. The Hall–Kier alpha value is -1.81. The molecule has 0 saturated carbocycles. The van der Waals surface area contributed by atoms with E-state index < -0.39 is 5.82 Å². The predicted molar refractivity (Wildman–Crippen MR) is 74.0 cm³/mol. The molecule has 0 spiro atoms. The third-order valence-electron chi connectivity index (χ3n) is 2.81. The fourth-order valence-corrected chi connectivity index (χ4v) is 2.10. The molecule has 2 rings (SSSR count). The molecule has 1 aromatic carbocycles. The number of anilines is 1. The number of amides is 1. The maximum absolute atomic E-state index is 13.0. The van der Waals surface area contributed by atoms with E-state index in [1.54, 1.807) is 0 Å². The summed E-state index contributed by atoms with van der Waals surface area (Å²) in [6, 6.07) is 6.04. The van der Waals surface area contributed by atoms with Gasteiger partial charge in [0.05, 0.1) is 11.4 Å². The number of rotatable bonds is 3. The van der Waals surface area contributed by atoms with Gasteiger partial charge in [-0.05, 0) is 43.7 Å². The van der Waals surface area contributed by atoms with Crippen LogP contribution in [0.15, 0.2) is 24.3 Å². The number of carbonyl (C=O) groups excluding carboxylic acids is 1. The first kappa shape index (κ1) is 13.6. The average Bonchev–Trinajstić information content (AvgIpc) is 2.62. The zero-order chi connectivity index (χ0) is 14.0. The molecule has 3 nitrogen and oxygen atoms in total. The molecule has 0 saturated heterocycles. The average molecular weight is 281 g/mol. The van der Waals surface area contributed by atoms with Crippen molar-refractivity contribution in [3.05, 3.63) is 52.1 Å². The van der Waals surface area contributed by atoms with Gasteiger partial charge in [0.2, 0.25) is 5.91 Å². The van der Waals surface area contributed by atoms with E-state index in [1.165, 1.54) is 18.2 Å². The smallest absolute Gasteiger partial charge is 0.228 e. The molecule has 100 valence electrons. The molecule has 5 heteroatoms. The molecular weight excluding hydrogens is 267 g/mol. The lowest BCUT2D eigenvalue weighted by Gasteiger charge is -2.05. The summed E-state index contributed by atoms with van der Waals surface area (Å²) >= 11 is 5.65. The third kappa shape index (κ3) is 3.35. The van der Waals surface area contributed by atoms with Gasteiger partial charge in [-0.3, -0.25) is 4.79 Å². The van der Waals surface area contributed by atoms with E-state index in [9.17, 15) is 9.18 Å². The summed E-state index contributed by atoms with van der Waals surface area (Å²) in [6.45, 7) is 3.86. The molecule has 2 N–H and O–H groups in total. The highest BCUT2D eigenvalue weighted by molar-refractivity contribution is 6.31. The van der Waals surface area contributed by atoms with Crippen LogP contribution in [0.1, 0.15) is 17.0 Å². The molecular formula is C14H14ClFN2O. The molecule has 0 bridgehead atoms. The Labute approximate surface area is 115 Å². The zero-order valence-corrected chi connectivity index (χ0v) is 11.4. The fourth-order valence-electron chi connectivity index (χ4n) is 1.92. The van der Waals surface area contributed by atoms with Gasteiger partial charge in [0.15, 0.2) is 0 Å². The highest BCUT2D eigenvalue weighted by Gasteiger charge is 2.09. The number of aromatic nitrogens is 1. The molecule has 0 aliphatic rings. The van der Waals surface area contributed by atoms with Crippen LogP contribution in [0, 0.1) is 19.7 Å². The number of nitrogens with one attached hydrogen (secondary N) is 2. The summed E-state index contributed by atoms with van der Waals surface area (Å²) in [6.07, 6.45) is 0.269. The van der Waals surface area contributed by atoms with Crippen LogP contribution in [0.2, 0.25) is 5.02 Å². The summed E-state index contributed by atoms with van der Waals surface area (Å²) in [7, 11) is 0. The highest BCUT2D eigenvalue weighted by atomic mass is 35.5. The van der Waals surface area contributed by atoms with Crippen LogP contribution >= 0.6 is 11.6 Å². The topological polar surface area (TPSA) is 44.9 Å². The van der Waals surface area contributed by atoms with E-state index in [1.807, 2.05) is 19.9 Å². The maximum Gasteiger partial charge on any atom is 0.228 e. The van der Waals surface area contributed by atoms with Crippen LogP contribution in [0.4, 0.5) is 10.1 Å². The van der Waals surface area contributed by atoms with Gasteiger partial charge in [-0.1, -0.05) is 11.6 Å². The lowest BCUT2D eigenvalue weighted by Crippen LogP contribution is -2.14. The van der Waals surface area contributed by atoms with Gasteiger partial charge < -0.3 is 10.3 Å². The number of hydrogen-bond donors (Lipinski definition) is 2. The first-order valence-electron chi connectivity index (χ1n) is 5.85. The molecule has 2 aromatic rings. The first-order chi connectivity index (χ1) is 8.95. The maximum atomic E-state index is 13.0. The van der Waals surface area contributed by atoms with Gasteiger partial charge in [-0.25, -0.2) is 4.39 Å². The number of carbonyl (C=O) groups is 1. The van der Waals surface area contributed by atoms with E-state index in [0.29, 0.717) is 5.69 Å². The second-order valence-electron chi connectivity index (χ2n) is 4.46. The minimum absolute atomic E-state index is 0.00790. The van der Waals surface area contributed by atoms with Crippen LogP contribution < -0.4 is 5.32 Å². The Kier molecular flexibility index (Phi) is 3.90. The van der Waals surface area contributed by atoms with Crippen molar-refractivity contribution in [1.82, 2.24) is 4.98 Å². The van der Waals surface area contributed by atoms with Crippen molar-refractivity contribution in [2.24, 2.45) is 0 Å². The number of aromatic amines is 1. The summed E-state index contributed by atoms with van der Waals surface area (Å²) < 4.78 is 13.0. The molecule has 19 heavy (non-hydrogen) atoms. The van der Waals surface area contributed by atoms with Crippen molar-refractivity contribution in [3.8, 4) is 0 Å². The second-order valence-corrected chi connectivity index (χ2v) is 4.86. The number of aryl methyl sites for hydroxylation is 2. The summed E-state index contributed by atoms with van der Waals surface area (Å²) in [4.78, 5) is 15.0. The van der Waals surface area contributed by atoms with Crippen LogP contribution in [-0.2, 0) is 11.2 Å². The standard InChI is InChI=1S/C14H14ClFN2O/c1-8-5-10(9(2)17-8)6-14(19)18-11-3-4-13(16)12(15)7-11/h3-5,7,17H,6H2,1-2H3,(H,18,19). The molecule has 0 unspecified atom stereocenters. The van der Waals surface area contributed by atoms with Crippen molar-refractivity contribution in [2.45, 2.75) is 20.3 Å². The van der Waals surface area contributed by atoms with Gasteiger partial charge in [0.25, 0.3) is 0 Å². The van der Waals surface area contributed by atoms with Crippen LogP contribution in [0.3, 0.4) is 0 Å². The Bertz CT molecular complexity index is 622. The zero-order valence-electron chi connectivity index (χ0n) is 10.7. The lowest BCUT2D eigenvalue weighted by atomic mass is 10.1. The largest absolute Gasteiger partial charge is 0.362 e. The Morgan fingerprint density at radius 1 is 1.37 bits per heavy atom. The minimum Gasteiger partial charge on any atom is -0.362 e. The predicted octanol–water partition coefficient (Wildman–Crippen LogP) is 3.61. The summed E-state index contributed by atoms with van der Waals surface area (Å²) in [5.41, 5.74) is 3.43. The Balaban J connectivity index is 2.05. The van der Waals surface area contributed by atoms with E-state index in [2.05, 4.69) is 10.3 Å². The van der Waals surface area contributed by atoms with E-state index in [4.69, 9.17) is 11.6 Å². The van der Waals surface area contributed by atoms with E-state index in [-0.39, 0.29) is 17.4 Å². The molecule has 0 fully saturated rings. The number of H-pyrrole nitrogens is 1.